The number of amides is 1. The van der Waals surface area contributed by atoms with Gasteiger partial charge in [-0.1, -0.05) is 61.5 Å². The SMILES string of the molecule is CCc1ccc(C(=O)CCC(=O)N2C[C@@H](N)[C@H](c3ccccc3)C2)cc1.Cl. The lowest BCUT2D eigenvalue weighted by molar-refractivity contribution is -0.130. The summed E-state index contributed by atoms with van der Waals surface area (Å²) >= 11 is 0. The molecule has 3 rings (SSSR count). The predicted octanol–water partition coefficient (Wildman–Crippen LogP) is 3.59. The van der Waals surface area contributed by atoms with Gasteiger partial charge in [0.25, 0.3) is 0 Å². The molecule has 0 aromatic heterocycles. The molecule has 144 valence electrons. The summed E-state index contributed by atoms with van der Waals surface area (Å²) in [7, 11) is 0. The van der Waals surface area contributed by atoms with E-state index in [1.165, 1.54) is 11.1 Å². The second kappa shape index (κ2) is 9.67. The molecule has 4 nitrogen and oxygen atoms in total. The number of Topliss-reactive ketones (excluding diaryl/α,β-unsaturated/α-hetero) is 1. The van der Waals surface area contributed by atoms with Crippen LogP contribution in [0.3, 0.4) is 0 Å². The highest BCUT2D eigenvalue weighted by molar-refractivity contribution is 5.98. The van der Waals surface area contributed by atoms with E-state index in [0.717, 1.165) is 6.42 Å². The zero-order valence-electron chi connectivity index (χ0n) is 15.6. The van der Waals surface area contributed by atoms with Crippen molar-refractivity contribution in [3.63, 3.8) is 0 Å². The number of likely N-dealkylation sites (tertiary alicyclic amines) is 1. The summed E-state index contributed by atoms with van der Waals surface area (Å²) in [4.78, 5) is 26.6. The Balaban J connectivity index is 0.00000261. The zero-order valence-corrected chi connectivity index (χ0v) is 16.5. The van der Waals surface area contributed by atoms with Gasteiger partial charge in [-0.25, -0.2) is 0 Å². The Kier molecular flexibility index (Phi) is 7.57. The Hall–Kier alpha value is -2.17. The number of nitrogens with zero attached hydrogens (tertiary/aromatic N) is 1. The molecule has 0 saturated carbocycles. The third kappa shape index (κ3) is 5.18. The number of carbonyl (C=O) groups is 2. The molecule has 0 bridgehead atoms. The maximum absolute atomic E-state index is 12.5. The minimum absolute atomic E-state index is 0. The Morgan fingerprint density at radius 3 is 2.30 bits per heavy atom. The number of hydrogen-bond donors (Lipinski definition) is 1. The molecule has 2 aromatic carbocycles. The third-order valence-corrected chi connectivity index (χ3v) is 5.20. The van der Waals surface area contributed by atoms with Crippen LogP contribution in [0.15, 0.2) is 54.6 Å². The lowest BCUT2D eigenvalue weighted by atomic mass is 9.95. The van der Waals surface area contributed by atoms with Crippen LogP contribution in [0, 0.1) is 0 Å². The van der Waals surface area contributed by atoms with E-state index in [0.29, 0.717) is 18.7 Å². The van der Waals surface area contributed by atoms with E-state index < -0.39 is 0 Å². The number of nitrogens with two attached hydrogens (primary N) is 1. The second-order valence-electron chi connectivity index (χ2n) is 6.95. The number of carbonyl (C=O) groups excluding carboxylic acids is 2. The molecular formula is C22H27ClN2O2. The first-order chi connectivity index (χ1) is 12.6. The van der Waals surface area contributed by atoms with E-state index in [-0.39, 0.29) is 48.9 Å². The van der Waals surface area contributed by atoms with Gasteiger partial charge in [0.1, 0.15) is 0 Å². The Bertz CT molecular complexity index is 762. The minimum Gasteiger partial charge on any atom is -0.340 e. The van der Waals surface area contributed by atoms with E-state index in [4.69, 9.17) is 5.73 Å². The van der Waals surface area contributed by atoms with E-state index in [2.05, 4.69) is 19.1 Å². The van der Waals surface area contributed by atoms with Crippen molar-refractivity contribution < 1.29 is 9.59 Å². The molecule has 1 aliphatic rings. The molecule has 0 aliphatic carbocycles. The molecule has 1 amide bonds. The van der Waals surface area contributed by atoms with Gasteiger partial charge in [0.15, 0.2) is 5.78 Å². The van der Waals surface area contributed by atoms with Gasteiger partial charge < -0.3 is 10.6 Å². The lowest BCUT2D eigenvalue weighted by Gasteiger charge is -2.16. The molecule has 1 fully saturated rings. The van der Waals surface area contributed by atoms with E-state index >= 15 is 0 Å². The fourth-order valence-electron chi connectivity index (χ4n) is 3.53. The largest absolute Gasteiger partial charge is 0.340 e. The smallest absolute Gasteiger partial charge is 0.223 e. The number of ketones is 1. The molecule has 0 radical (unpaired) electrons. The van der Waals surface area contributed by atoms with Crippen molar-refractivity contribution in [1.82, 2.24) is 4.90 Å². The first-order valence-electron chi connectivity index (χ1n) is 9.29. The van der Waals surface area contributed by atoms with Gasteiger partial charge in [0.05, 0.1) is 0 Å². The van der Waals surface area contributed by atoms with Crippen LogP contribution in [0.4, 0.5) is 0 Å². The van der Waals surface area contributed by atoms with Gasteiger partial charge >= 0.3 is 0 Å². The van der Waals surface area contributed by atoms with Crippen LogP contribution >= 0.6 is 12.4 Å². The Morgan fingerprint density at radius 1 is 1.00 bits per heavy atom. The molecule has 2 atom stereocenters. The van der Waals surface area contributed by atoms with E-state index in [1.807, 2.05) is 42.5 Å². The molecule has 1 saturated heterocycles. The zero-order chi connectivity index (χ0) is 18.5. The van der Waals surface area contributed by atoms with Crippen molar-refractivity contribution in [3.8, 4) is 0 Å². The van der Waals surface area contributed by atoms with Gasteiger partial charge in [-0.15, -0.1) is 12.4 Å². The first kappa shape index (κ1) is 21.1. The molecule has 1 aliphatic heterocycles. The van der Waals surface area contributed by atoms with Gasteiger partial charge in [0, 0.05) is 43.5 Å². The summed E-state index contributed by atoms with van der Waals surface area (Å²) in [5.74, 6) is 0.193. The average molecular weight is 387 g/mol. The molecule has 2 N–H and O–H groups in total. The molecule has 27 heavy (non-hydrogen) atoms. The van der Waals surface area contributed by atoms with Crippen molar-refractivity contribution in [2.24, 2.45) is 5.73 Å². The van der Waals surface area contributed by atoms with Crippen molar-refractivity contribution in [1.29, 1.82) is 0 Å². The van der Waals surface area contributed by atoms with Crippen LogP contribution in [-0.2, 0) is 11.2 Å². The van der Waals surface area contributed by atoms with E-state index in [1.54, 1.807) is 4.90 Å². The van der Waals surface area contributed by atoms with Crippen LogP contribution < -0.4 is 5.73 Å². The standard InChI is InChI=1S/C22H26N2O2.ClH/c1-2-16-8-10-18(11-9-16)21(25)12-13-22(26)24-14-19(20(23)15-24)17-6-4-3-5-7-17;/h3-11,19-20H,2,12-15,23H2,1H3;1H/t19-,20+;/m0./s1. The fourth-order valence-corrected chi connectivity index (χ4v) is 3.53. The van der Waals surface area contributed by atoms with Crippen LogP contribution in [0.25, 0.3) is 0 Å². The number of rotatable bonds is 6. The summed E-state index contributed by atoms with van der Waals surface area (Å²) in [6, 6.07) is 17.7. The monoisotopic (exact) mass is 386 g/mol. The summed E-state index contributed by atoms with van der Waals surface area (Å²) in [5, 5.41) is 0. The highest BCUT2D eigenvalue weighted by atomic mass is 35.5. The molecule has 2 aromatic rings. The quantitative estimate of drug-likeness (QED) is 0.771. The van der Waals surface area contributed by atoms with Crippen molar-refractivity contribution in [2.45, 2.75) is 38.1 Å². The summed E-state index contributed by atoms with van der Waals surface area (Å²) in [5.41, 5.74) is 9.30. The number of benzene rings is 2. The van der Waals surface area contributed by atoms with Crippen molar-refractivity contribution in [3.05, 3.63) is 71.3 Å². The lowest BCUT2D eigenvalue weighted by Crippen LogP contribution is -2.32. The number of hydrogen-bond acceptors (Lipinski definition) is 3. The highest BCUT2D eigenvalue weighted by Crippen LogP contribution is 2.27. The Labute approximate surface area is 167 Å². The number of aryl methyl sites for hydroxylation is 1. The van der Waals surface area contributed by atoms with Gasteiger partial charge in [-0.05, 0) is 17.5 Å². The Morgan fingerprint density at radius 2 is 1.67 bits per heavy atom. The minimum atomic E-state index is -0.0568. The highest BCUT2D eigenvalue weighted by Gasteiger charge is 2.33. The van der Waals surface area contributed by atoms with Gasteiger partial charge in [-0.2, -0.15) is 0 Å². The normalized spacial score (nSPS) is 18.8. The van der Waals surface area contributed by atoms with Crippen LogP contribution in [-0.4, -0.2) is 35.7 Å². The predicted molar refractivity (Wildman–Crippen MR) is 110 cm³/mol. The second-order valence-corrected chi connectivity index (χ2v) is 6.95. The molecule has 0 spiro atoms. The molecule has 5 heteroatoms. The summed E-state index contributed by atoms with van der Waals surface area (Å²) < 4.78 is 0. The van der Waals surface area contributed by atoms with Gasteiger partial charge in [-0.3, -0.25) is 9.59 Å². The van der Waals surface area contributed by atoms with Crippen molar-refractivity contribution in [2.75, 3.05) is 13.1 Å². The maximum atomic E-state index is 12.5. The topological polar surface area (TPSA) is 63.4 Å². The fraction of sp³-hybridized carbons (Fsp3) is 0.364. The van der Waals surface area contributed by atoms with Gasteiger partial charge in [0.2, 0.25) is 5.91 Å². The molecule has 1 heterocycles. The third-order valence-electron chi connectivity index (χ3n) is 5.20. The maximum Gasteiger partial charge on any atom is 0.223 e. The summed E-state index contributed by atoms with van der Waals surface area (Å²) in [6.07, 6.45) is 1.43. The van der Waals surface area contributed by atoms with Crippen LogP contribution in [0.1, 0.15) is 47.2 Å². The van der Waals surface area contributed by atoms with Crippen LogP contribution in [0.5, 0.6) is 0 Å². The molecule has 0 unspecified atom stereocenters. The average Bonchev–Trinajstić information content (AvgIpc) is 3.08. The van der Waals surface area contributed by atoms with E-state index in [9.17, 15) is 9.59 Å². The first-order valence-corrected chi connectivity index (χ1v) is 9.29. The molecular weight excluding hydrogens is 360 g/mol. The van der Waals surface area contributed by atoms with Crippen molar-refractivity contribution >= 4 is 24.1 Å². The summed E-state index contributed by atoms with van der Waals surface area (Å²) in [6.45, 7) is 3.26. The van der Waals surface area contributed by atoms with Crippen LogP contribution in [0.2, 0.25) is 0 Å². The number of halogens is 1.